The maximum Gasteiger partial charge on any atom is 0.342 e. The highest BCUT2D eigenvalue weighted by Gasteiger charge is 2.38. The molecule has 3 aliphatic rings. The van der Waals surface area contributed by atoms with Gasteiger partial charge in [0.15, 0.2) is 18.7 Å². The first-order valence-corrected chi connectivity index (χ1v) is 11.5. The van der Waals surface area contributed by atoms with Crippen LogP contribution in [-0.4, -0.2) is 49.0 Å². The third-order valence-electron chi connectivity index (χ3n) is 6.13. The van der Waals surface area contributed by atoms with E-state index < -0.39 is 110 Å². The molecule has 1 aromatic rings. The highest BCUT2D eigenvalue weighted by atomic mass is 16.6. The van der Waals surface area contributed by atoms with E-state index in [1.54, 1.807) is 0 Å². The average molecular weight is 543 g/mol. The topological polar surface area (TPSA) is 196 Å². The van der Waals surface area contributed by atoms with E-state index in [1.807, 2.05) is 0 Å². The summed E-state index contributed by atoms with van der Waals surface area (Å²) < 4.78 is 16.0. The number of hydrogen-bond donors (Lipinski definition) is 0. The second kappa shape index (κ2) is 10.1. The molecule has 0 spiro atoms. The van der Waals surface area contributed by atoms with Crippen molar-refractivity contribution < 1.29 is 43.0 Å². The number of ketones is 3. The van der Waals surface area contributed by atoms with E-state index in [4.69, 9.17) is 14.2 Å². The minimum atomic E-state index is -1.90. The molecule has 3 aliphatic heterocycles. The summed E-state index contributed by atoms with van der Waals surface area (Å²) >= 11 is 0. The number of carbonyl (C=O) groups is 6. The Balaban J connectivity index is 2.00. The van der Waals surface area contributed by atoms with Crippen molar-refractivity contribution >= 4 is 35.3 Å². The largest absolute Gasteiger partial charge is 0.437 e. The van der Waals surface area contributed by atoms with Crippen LogP contribution in [0.15, 0.2) is 50.8 Å². The van der Waals surface area contributed by atoms with Crippen molar-refractivity contribution in [3.8, 4) is 0 Å². The van der Waals surface area contributed by atoms with Gasteiger partial charge in [0.05, 0.1) is 19.3 Å². The Morgan fingerprint density at radius 1 is 0.462 bits per heavy atom. The van der Waals surface area contributed by atoms with Crippen LogP contribution in [0.1, 0.15) is 57.2 Å². The lowest BCUT2D eigenvalue weighted by molar-refractivity contribution is -0.150. The van der Waals surface area contributed by atoms with E-state index in [9.17, 15) is 43.2 Å². The fourth-order valence-electron chi connectivity index (χ4n) is 4.24. The van der Waals surface area contributed by atoms with Crippen molar-refractivity contribution in [3.63, 3.8) is 0 Å². The molecule has 3 fully saturated rings. The Morgan fingerprint density at radius 2 is 0.692 bits per heavy atom. The van der Waals surface area contributed by atoms with Gasteiger partial charge in [-0.3, -0.25) is 14.4 Å². The Kier molecular flexibility index (Phi) is 7.00. The maximum absolute atomic E-state index is 13.6. The number of carbonyl (C=O) groups excluding carboxylic acids is 6. The molecule has 0 aliphatic carbocycles. The second-order valence-electron chi connectivity index (χ2n) is 9.11. The predicted octanol–water partition coefficient (Wildman–Crippen LogP) is -0.946. The predicted molar refractivity (Wildman–Crippen MR) is 125 cm³/mol. The molecule has 3 unspecified atom stereocenters. The van der Waals surface area contributed by atoms with Crippen LogP contribution < -0.4 is 17.1 Å². The summed E-state index contributed by atoms with van der Waals surface area (Å²) in [6, 6.07) is 0. The van der Waals surface area contributed by atoms with Gasteiger partial charge in [-0.2, -0.15) is 0 Å². The number of cyclic esters (lactones) is 3. The number of hydrogen-bond acceptors (Lipinski definition) is 12. The summed E-state index contributed by atoms with van der Waals surface area (Å²) in [4.78, 5) is 115. The number of rotatable bonds is 3. The van der Waals surface area contributed by atoms with Crippen LogP contribution in [0.4, 0.5) is 0 Å². The van der Waals surface area contributed by atoms with Gasteiger partial charge in [-0.1, -0.05) is 19.7 Å². The Hall–Kier alpha value is -4.95. The molecular formula is C24H21N3O12. The second-order valence-corrected chi connectivity index (χ2v) is 9.11. The van der Waals surface area contributed by atoms with Crippen LogP contribution in [0.5, 0.6) is 0 Å². The lowest BCUT2D eigenvalue weighted by atomic mass is 10.1. The quantitative estimate of drug-likeness (QED) is 0.258. The molecule has 3 saturated heterocycles. The highest BCUT2D eigenvalue weighted by molar-refractivity contribution is 5.98. The fraction of sp³-hybridized carbons (Fsp3) is 0.375. The van der Waals surface area contributed by atoms with E-state index >= 15 is 0 Å². The van der Waals surface area contributed by atoms with Gasteiger partial charge in [0.25, 0.3) is 0 Å². The monoisotopic (exact) mass is 543 g/mol. The Morgan fingerprint density at radius 3 is 0.923 bits per heavy atom. The number of Topliss-reactive ketones (excluding diaryl/α,β-unsaturated/α-hetero) is 3. The third-order valence-corrected chi connectivity index (χ3v) is 6.13. The summed E-state index contributed by atoms with van der Waals surface area (Å²) in [7, 11) is 0. The number of aromatic nitrogens is 3. The standard InChI is InChI=1S/C24H21N3O12/c1-10-4-13(28)7-16(37-19(10)31)25-22(34)26(17-8-14(29)5-11(2)20(32)38-17)24(36)27(23(25)35)18-9-15(30)6-12(3)21(33)39-18/h16-18H,1-9H2. The van der Waals surface area contributed by atoms with E-state index in [-0.39, 0.29) is 30.4 Å². The molecule has 0 radical (unpaired) electrons. The van der Waals surface area contributed by atoms with Crippen molar-refractivity contribution in [3.05, 3.63) is 67.9 Å². The van der Waals surface area contributed by atoms with Gasteiger partial charge < -0.3 is 14.2 Å². The molecule has 4 rings (SSSR count). The zero-order valence-electron chi connectivity index (χ0n) is 20.3. The molecule has 0 aromatic carbocycles. The van der Waals surface area contributed by atoms with Gasteiger partial charge in [-0.15, -0.1) is 0 Å². The lowest BCUT2D eigenvalue weighted by Gasteiger charge is -2.25. The van der Waals surface area contributed by atoms with Gasteiger partial charge in [0.1, 0.15) is 17.3 Å². The number of nitrogens with zero attached hydrogens (tertiary/aromatic N) is 3. The Bertz CT molecular complexity index is 1370. The SMILES string of the molecule is C=C1CC(=O)CC(n2c(=O)n(C3CC(=O)CC(=C)C(=O)O3)c(=O)n(C3CC(=O)CC(=C)C(=O)O3)c2=O)OC1=O. The summed E-state index contributed by atoms with van der Waals surface area (Å²) in [5, 5.41) is 0. The molecule has 1 aromatic heterocycles. The van der Waals surface area contributed by atoms with Gasteiger partial charge in [-0.25, -0.2) is 42.5 Å². The molecule has 3 atom stereocenters. The molecular weight excluding hydrogens is 522 g/mol. The van der Waals surface area contributed by atoms with Gasteiger partial charge in [-0.05, 0) is 0 Å². The maximum atomic E-state index is 13.6. The molecule has 0 amide bonds. The van der Waals surface area contributed by atoms with Crippen LogP contribution in [0, 0.1) is 0 Å². The van der Waals surface area contributed by atoms with Crippen molar-refractivity contribution in [2.75, 3.05) is 0 Å². The first-order valence-electron chi connectivity index (χ1n) is 11.5. The van der Waals surface area contributed by atoms with E-state index in [2.05, 4.69) is 19.7 Å². The summed E-state index contributed by atoms with van der Waals surface area (Å²) in [5.41, 5.74) is -5.29. The summed E-state index contributed by atoms with van der Waals surface area (Å²) in [5.74, 6) is -5.27. The van der Waals surface area contributed by atoms with E-state index in [1.165, 1.54) is 0 Å². The van der Waals surface area contributed by atoms with Crippen LogP contribution in [0.3, 0.4) is 0 Å². The van der Waals surface area contributed by atoms with Gasteiger partial charge in [0, 0.05) is 36.0 Å². The minimum absolute atomic E-state index is 0.214. The first kappa shape index (κ1) is 27.1. The lowest BCUT2D eigenvalue weighted by Crippen LogP contribution is -2.58. The molecule has 4 heterocycles. The minimum Gasteiger partial charge on any atom is -0.437 e. The molecule has 0 N–H and O–H groups in total. The molecule has 15 heteroatoms. The van der Waals surface area contributed by atoms with Crippen molar-refractivity contribution in [1.29, 1.82) is 0 Å². The van der Waals surface area contributed by atoms with E-state index in [0.29, 0.717) is 0 Å². The van der Waals surface area contributed by atoms with Crippen molar-refractivity contribution in [2.24, 2.45) is 0 Å². The summed E-state index contributed by atoms with van der Waals surface area (Å²) in [6.45, 7) is 10.2. The zero-order valence-corrected chi connectivity index (χ0v) is 20.3. The number of esters is 3. The molecule has 15 nitrogen and oxygen atoms in total. The van der Waals surface area contributed by atoms with Crippen molar-refractivity contribution in [2.45, 2.75) is 57.2 Å². The summed E-state index contributed by atoms with van der Waals surface area (Å²) in [6.07, 6.45) is -9.11. The van der Waals surface area contributed by atoms with Crippen LogP contribution in [0.2, 0.25) is 0 Å². The third kappa shape index (κ3) is 5.10. The van der Waals surface area contributed by atoms with Crippen LogP contribution >= 0.6 is 0 Å². The van der Waals surface area contributed by atoms with Crippen molar-refractivity contribution in [1.82, 2.24) is 13.7 Å². The molecule has 204 valence electrons. The zero-order chi connectivity index (χ0) is 28.8. The van der Waals surface area contributed by atoms with Crippen LogP contribution in [0.25, 0.3) is 0 Å². The number of ether oxygens (including phenoxy) is 3. The molecule has 0 bridgehead atoms. The van der Waals surface area contributed by atoms with Gasteiger partial charge in [0.2, 0.25) is 0 Å². The van der Waals surface area contributed by atoms with Gasteiger partial charge >= 0.3 is 35.0 Å². The normalized spacial score (nSPS) is 24.9. The van der Waals surface area contributed by atoms with E-state index in [0.717, 1.165) is 0 Å². The Labute approximate surface area is 217 Å². The molecule has 0 saturated carbocycles. The smallest absolute Gasteiger partial charge is 0.342 e. The fourth-order valence-corrected chi connectivity index (χ4v) is 4.24. The van der Waals surface area contributed by atoms with Crippen LogP contribution in [-0.2, 0) is 43.0 Å². The molecule has 39 heavy (non-hydrogen) atoms. The average Bonchev–Trinajstić information content (AvgIpc) is 3.09. The highest BCUT2D eigenvalue weighted by Crippen LogP contribution is 2.25. The first-order chi connectivity index (χ1) is 18.3.